The second kappa shape index (κ2) is 4.86. The topological polar surface area (TPSA) is 32.3 Å². The summed E-state index contributed by atoms with van der Waals surface area (Å²) in [7, 11) is 0. The number of carbonyl (C=O) groups excluding carboxylic acids is 1. The van der Waals surface area contributed by atoms with Gasteiger partial charge in [0.05, 0.1) is 0 Å². The summed E-state index contributed by atoms with van der Waals surface area (Å²) in [6.07, 6.45) is 7.41. The van der Waals surface area contributed by atoms with Gasteiger partial charge in [-0.3, -0.25) is 0 Å². The SMILES string of the molecule is C[C@@H]1CCN(C(=O)NC2CCCCC2)C1. The van der Waals surface area contributed by atoms with Crippen molar-refractivity contribution >= 4 is 6.03 Å². The summed E-state index contributed by atoms with van der Waals surface area (Å²) < 4.78 is 0. The van der Waals surface area contributed by atoms with Gasteiger partial charge in [-0.2, -0.15) is 0 Å². The van der Waals surface area contributed by atoms with E-state index in [4.69, 9.17) is 0 Å². The molecular formula is C12H22N2O. The van der Waals surface area contributed by atoms with Gasteiger partial charge in [0.15, 0.2) is 0 Å². The van der Waals surface area contributed by atoms with Crippen LogP contribution in [0.4, 0.5) is 4.79 Å². The molecule has 1 aliphatic heterocycles. The van der Waals surface area contributed by atoms with Gasteiger partial charge in [-0.25, -0.2) is 4.79 Å². The maximum Gasteiger partial charge on any atom is 0.317 e. The molecular weight excluding hydrogens is 188 g/mol. The Bertz CT molecular complexity index is 224. The Hall–Kier alpha value is -0.730. The number of hydrogen-bond donors (Lipinski definition) is 1. The van der Waals surface area contributed by atoms with Crippen LogP contribution in [0, 0.1) is 5.92 Å². The normalized spacial score (nSPS) is 28.1. The van der Waals surface area contributed by atoms with Crippen LogP contribution in [0.15, 0.2) is 0 Å². The standard InChI is InChI=1S/C12H22N2O/c1-10-7-8-14(9-10)12(15)13-11-5-3-2-4-6-11/h10-11H,2-9H2,1H3,(H,13,15)/t10-/m1/s1. The summed E-state index contributed by atoms with van der Waals surface area (Å²) in [5, 5.41) is 3.17. The van der Waals surface area contributed by atoms with Crippen molar-refractivity contribution in [2.24, 2.45) is 5.92 Å². The van der Waals surface area contributed by atoms with Crippen LogP contribution in [0.3, 0.4) is 0 Å². The van der Waals surface area contributed by atoms with E-state index in [-0.39, 0.29) is 6.03 Å². The van der Waals surface area contributed by atoms with Gasteiger partial charge in [0.25, 0.3) is 0 Å². The van der Waals surface area contributed by atoms with E-state index in [1.165, 1.54) is 32.1 Å². The van der Waals surface area contributed by atoms with E-state index in [0.717, 1.165) is 19.5 Å². The van der Waals surface area contributed by atoms with Gasteiger partial charge in [0.2, 0.25) is 0 Å². The highest BCUT2D eigenvalue weighted by Crippen LogP contribution is 2.19. The Labute approximate surface area is 92.2 Å². The summed E-state index contributed by atoms with van der Waals surface area (Å²) in [4.78, 5) is 13.8. The van der Waals surface area contributed by atoms with Crippen molar-refractivity contribution in [1.82, 2.24) is 10.2 Å². The fourth-order valence-electron chi connectivity index (χ4n) is 2.63. The fraction of sp³-hybridized carbons (Fsp3) is 0.917. The number of urea groups is 1. The lowest BCUT2D eigenvalue weighted by atomic mass is 9.96. The predicted molar refractivity (Wildman–Crippen MR) is 60.8 cm³/mol. The molecule has 0 spiro atoms. The van der Waals surface area contributed by atoms with Crippen molar-refractivity contribution in [3.8, 4) is 0 Å². The highest BCUT2D eigenvalue weighted by molar-refractivity contribution is 5.74. The fourth-order valence-corrected chi connectivity index (χ4v) is 2.63. The van der Waals surface area contributed by atoms with Gasteiger partial charge >= 0.3 is 6.03 Å². The number of carbonyl (C=O) groups is 1. The zero-order chi connectivity index (χ0) is 10.7. The zero-order valence-corrected chi connectivity index (χ0v) is 9.67. The molecule has 2 amide bonds. The van der Waals surface area contributed by atoms with Crippen molar-refractivity contribution in [3.63, 3.8) is 0 Å². The lowest BCUT2D eigenvalue weighted by molar-refractivity contribution is 0.199. The van der Waals surface area contributed by atoms with E-state index in [2.05, 4.69) is 12.2 Å². The first-order valence-corrected chi connectivity index (χ1v) is 6.31. The maximum absolute atomic E-state index is 11.9. The van der Waals surface area contributed by atoms with Crippen LogP contribution in [0.25, 0.3) is 0 Å². The van der Waals surface area contributed by atoms with E-state index < -0.39 is 0 Å². The Balaban J connectivity index is 1.76. The average molecular weight is 210 g/mol. The van der Waals surface area contributed by atoms with Crippen molar-refractivity contribution in [1.29, 1.82) is 0 Å². The number of nitrogens with one attached hydrogen (secondary N) is 1. The zero-order valence-electron chi connectivity index (χ0n) is 9.67. The summed E-state index contributed by atoms with van der Waals surface area (Å²) in [5.41, 5.74) is 0. The molecule has 2 aliphatic rings. The molecule has 2 fully saturated rings. The molecule has 86 valence electrons. The lowest BCUT2D eigenvalue weighted by Crippen LogP contribution is -2.44. The Morgan fingerprint density at radius 3 is 2.53 bits per heavy atom. The molecule has 1 aliphatic carbocycles. The van der Waals surface area contributed by atoms with Gasteiger partial charge in [-0.15, -0.1) is 0 Å². The summed E-state index contributed by atoms with van der Waals surface area (Å²) in [5.74, 6) is 0.683. The van der Waals surface area contributed by atoms with Crippen molar-refractivity contribution in [2.75, 3.05) is 13.1 Å². The van der Waals surface area contributed by atoms with E-state index in [1.807, 2.05) is 4.90 Å². The number of likely N-dealkylation sites (tertiary alicyclic amines) is 1. The van der Waals surface area contributed by atoms with Crippen LogP contribution in [0.2, 0.25) is 0 Å². The Morgan fingerprint density at radius 1 is 1.20 bits per heavy atom. The Kier molecular flexibility index (Phi) is 3.49. The van der Waals surface area contributed by atoms with Crippen LogP contribution in [0.1, 0.15) is 45.4 Å². The smallest absolute Gasteiger partial charge is 0.317 e. The van der Waals surface area contributed by atoms with Gasteiger partial charge in [0.1, 0.15) is 0 Å². The molecule has 0 aromatic heterocycles. The molecule has 1 atom stereocenters. The maximum atomic E-state index is 11.9. The molecule has 1 heterocycles. The van der Waals surface area contributed by atoms with E-state index >= 15 is 0 Å². The van der Waals surface area contributed by atoms with Crippen LogP contribution in [-0.4, -0.2) is 30.1 Å². The third-order valence-corrected chi connectivity index (χ3v) is 3.64. The monoisotopic (exact) mass is 210 g/mol. The lowest BCUT2D eigenvalue weighted by Gasteiger charge is -2.26. The van der Waals surface area contributed by atoms with Crippen LogP contribution in [0.5, 0.6) is 0 Å². The van der Waals surface area contributed by atoms with E-state index in [1.54, 1.807) is 0 Å². The minimum atomic E-state index is 0.172. The van der Waals surface area contributed by atoms with E-state index in [9.17, 15) is 4.79 Å². The van der Waals surface area contributed by atoms with Gasteiger partial charge in [-0.1, -0.05) is 26.2 Å². The second-order valence-corrected chi connectivity index (χ2v) is 5.12. The predicted octanol–water partition coefficient (Wildman–Crippen LogP) is 2.37. The average Bonchev–Trinajstić information content (AvgIpc) is 2.66. The molecule has 3 nitrogen and oxygen atoms in total. The minimum Gasteiger partial charge on any atom is -0.335 e. The van der Waals surface area contributed by atoms with Crippen LogP contribution < -0.4 is 5.32 Å². The van der Waals surface area contributed by atoms with Crippen LogP contribution in [-0.2, 0) is 0 Å². The first kappa shape index (κ1) is 10.8. The third kappa shape index (κ3) is 2.86. The van der Waals surface area contributed by atoms with Crippen LogP contribution >= 0.6 is 0 Å². The highest BCUT2D eigenvalue weighted by atomic mass is 16.2. The molecule has 15 heavy (non-hydrogen) atoms. The molecule has 1 N–H and O–H groups in total. The second-order valence-electron chi connectivity index (χ2n) is 5.12. The van der Waals surface area contributed by atoms with Gasteiger partial charge in [0, 0.05) is 19.1 Å². The first-order chi connectivity index (χ1) is 7.25. The quantitative estimate of drug-likeness (QED) is 0.708. The largest absolute Gasteiger partial charge is 0.335 e. The molecule has 0 aromatic carbocycles. The third-order valence-electron chi connectivity index (χ3n) is 3.64. The molecule has 0 unspecified atom stereocenters. The molecule has 3 heteroatoms. The van der Waals surface area contributed by atoms with Gasteiger partial charge < -0.3 is 10.2 Å². The Morgan fingerprint density at radius 2 is 1.93 bits per heavy atom. The number of amides is 2. The summed E-state index contributed by atoms with van der Waals surface area (Å²) in [6, 6.07) is 0.619. The summed E-state index contributed by atoms with van der Waals surface area (Å²) in [6.45, 7) is 4.10. The molecule has 0 aromatic rings. The molecule has 0 bridgehead atoms. The number of rotatable bonds is 1. The molecule has 2 rings (SSSR count). The van der Waals surface area contributed by atoms with Crippen molar-refractivity contribution in [2.45, 2.75) is 51.5 Å². The van der Waals surface area contributed by atoms with Crippen molar-refractivity contribution < 1.29 is 4.79 Å². The minimum absolute atomic E-state index is 0.172. The number of hydrogen-bond acceptors (Lipinski definition) is 1. The van der Waals surface area contributed by atoms with Gasteiger partial charge in [-0.05, 0) is 25.2 Å². The molecule has 1 saturated carbocycles. The number of nitrogens with zero attached hydrogens (tertiary/aromatic N) is 1. The molecule has 0 radical (unpaired) electrons. The molecule has 1 saturated heterocycles. The van der Waals surface area contributed by atoms with Crippen molar-refractivity contribution in [3.05, 3.63) is 0 Å². The van der Waals surface area contributed by atoms with E-state index in [0.29, 0.717) is 12.0 Å². The summed E-state index contributed by atoms with van der Waals surface area (Å²) >= 11 is 0. The highest BCUT2D eigenvalue weighted by Gasteiger charge is 2.25. The first-order valence-electron chi connectivity index (χ1n) is 6.31.